The van der Waals surface area contributed by atoms with Gasteiger partial charge in [0.05, 0.1) is 18.6 Å². The maximum absolute atomic E-state index is 13.2. The van der Waals surface area contributed by atoms with E-state index in [1.165, 1.54) is 0 Å². The van der Waals surface area contributed by atoms with Gasteiger partial charge in [-0.2, -0.15) is 0 Å². The number of benzene rings is 2. The van der Waals surface area contributed by atoms with Gasteiger partial charge in [-0.05, 0) is 48.9 Å². The molecule has 6 nitrogen and oxygen atoms in total. The van der Waals surface area contributed by atoms with E-state index in [-0.39, 0.29) is 29.4 Å². The van der Waals surface area contributed by atoms with Crippen molar-refractivity contribution in [2.24, 2.45) is 0 Å². The summed E-state index contributed by atoms with van der Waals surface area (Å²) in [5, 5.41) is 1.29. The van der Waals surface area contributed by atoms with Crippen LogP contribution in [-0.2, 0) is 9.53 Å². The van der Waals surface area contributed by atoms with E-state index in [1.807, 2.05) is 6.92 Å². The number of hydrogen-bond donors (Lipinski definition) is 0. The van der Waals surface area contributed by atoms with Crippen molar-refractivity contribution >= 4 is 40.1 Å². The molecule has 0 atom stereocenters. The molecule has 1 aliphatic heterocycles. The molecule has 1 fully saturated rings. The highest BCUT2D eigenvalue weighted by molar-refractivity contribution is 6.32. The Morgan fingerprint density at radius 3 is 2.53 bits per heavy atom. The number of rotatable bonds is 4. The van der Waals surface area contributed by atoms with Crippen molar-refractivity contribution in [1.82, 2.24) is 4.90 Å². The normalized spacial score (nSPS) is 14.2. The molecule has 156 valence electrons. The lowest BCUT2D eigenvalue weighted by Gasteiger charge is -2.26. The molecule has 30 heavy (non-hydrogen) atoms. The van der Waals surface area contributed by atoms with E-state index in [2.05, 4.69) is 0 Å². The summed E-state index contributed by atoms with van der Waals surface area (Å²) in [7, 11) is 0. The molecule has 1 amide bonds. The van der Waals surface area contributed by atoms with Crippen molar-refractivity contribution in [3.05, 3.63) is 62.2 Å². The van der Waals surface area contributed by atoms with E-state index in [1.54, 1.807) is 41.3 Å². The first-order valence-electron chi connectivity index (χ1n) is 9.45. The van der Waals surface area contributed by atoms with Crippen LogP contribution in [0, 0.1) is 6.92 Å². The van der Waals surface area contributed by atoms with Gasteiger partial charge in [0.15, 0.2) is 12.4 Å². The lowest BCUT2D eigenvalue weighted by atomic mass is 10.1. The van der Waals surface area contributed by atoms with Crippen LogP contribution in [0.1, 0.15) is 5.56 Å². The Hall–Kier alpha value is -2.54. The Morgan fingerprint density at radius 1 is 1.13 bits per heavy atom. The van der Waals surface area contributed by atoms with E-state index in [0.717, 1.165) is 5.56 Å². The van der Waals surface area contributed by atoms with Gasteiger partial charge in [-0.15, -0.1) is 0 Å². The molecular formula is C22H19Cl2NO5. The molecule has 2 aromatic carbocycles. The summed E-state index contributed by atoms with van der Waals surface area (Å²) < 4.78 is 17.0. The van der Waals surface area contributed by atoms with Gasteiger partial charge in [0.2, 0.25) is 11.2 Å². The summed E-state index contributed by atoms with van der Waals surface area (Å²) >= 11 is 12.2. The van der Waals surface area contributed by atoms with Gasteiger partial charge in [-0.25, -0.2) is 0 Å². The highest BCUT2D eigenvalue weighted by Crippen LogP contribution is 2.33. The second kappa shape index (κ2) is 8.68. The third-order valence-electron chi connectivity index (χ3n) is 4.94. The lowest BCUT2D eigenvalue weighted by molar-refractivity contribution is -0.137. The Morgan fingerprint density at radius 2 is 1.83 bits per heavy atom. The summed E-state index contributed by atoms with van der Waals surface area (Å²) in [6, 6.07) is 10.1. The number of hydrogen-bond acceptors (Lipinski definition) is 5. The van der Waals surface area contributed by atoms with Crippen LogP contribution in [0.15, 0.2) is 45.6 Å². The topological polar surface area (TPSA) is 69.0 Å². The first-order valence-corrected chi connectivity index (χ1v) is 10.2. The molecule has 0 bridgehead atoms. The Bertz CT molecular complexity index is 1150. The molecule has 8 heteroatoms. The van der Waals surface area contributed by atoms with Gasteiger partial charge in [-0.1, -0.05) is 23.2 Å². The largest absolute Gasteiger partial charge is 0.476 e. The van der Waals surface area contributed by atoms with Crippen LogP contribution in [0.5, 0.6) is 5.75 Å². The molecule has 2 heterocycles. The van der Waals surface area contributed by atoms with Gasteiger partial charge in [0.1, 0.15) is 5.58 Å². The molecule has 1 aromatic heterocycles. The van der Waals surface area contributed by atoms with Crippen LogP contribution in [0.2, 0.25) is 10.0 Å². The first-order chi connectivity index (χ1) is 14.4. The minimum atomic E-state index is -0.391. The number of morpholine rings is 1. The van der Waals surface area contributed by atoms with Crippen LogP contribution in [0.25, 0.3) is 22.3 Å². The third-order valence-corrected chi connectivity index (χ3v) is 5.60. The Balaban J connectivity index is 1.76. The van der Waals surface area contributed by atoms with Crippen molar-refractivity contribution in [3.63, 3.8) is 0 Å². The van der Waals surface area contributed by atoms with Gasteiger partial charge in [0.25, 0.3) is 5.91 Å². The Kier molecular flexibility index (Phi) is 5.99. The minimum absolute atomic E-state index is 0.0358. The highest BCUT2D eigenvalue weighted by atomic mass is 35.5. The third kappa shape index (κ3) is 4.17. The number of nitrogens with zero attached hydrogens (tertiary/aromatic N) is 1. The van der Waals surface area contributed by atoms with E-state index in [4.69, 9.17) is 37.1 Å². The monoisotopic (exact) mass is 447 g/mol. The molecule has 0 saturated carbocycles. The van der Waals surface area contributed by atoms with Gasteiger partial charge in [-0.3, -0.25) is 9.59 Å². The zero-order valence-corrected chi connectivity index (χ0v) is 17.8. The maximum atomic E-state index is 13.2. The summed E-state index contributed by atoms with van der Waals surface area (Å²) in [6.07, 6.45) is 0. The fraction of sp³-hybridized carbons (Fsp3) is 0.273. The predicted molar refractivity (Wildman–Crippen MR) is 116 cm³/mol. The quantitative estimate of drug-likeness (QED) is 0.595. The number of halogens is 2. The molecule has 0 spiro atoms. The van der Waals surface area contributed by atoms with Crippen molar-refractivity contribution in [3.8, 4) is 17.1 Å². The smallest absolute Gasteiger partial charge is 0.260 e. The summed E-state index contributed by atoms with van der Waals surface area (Å²) in [5.41, 5.74) is 1.39. The second-order valence-electron chi connectivity index (χ2n) is 6.98. The fourth-order valence-electron chi connectivity index (χ4n) is 3.26. The maximum Gasteiger partial charge on any atom is 0.260 e. The SMILES string of the molecule is Cc1cc2oc(-c3ccc(Cl)cc3)c(OCC(=O)N3CCOCC3)c(=O)c2cc1Cl. The molecule has 4 rings (SSSR count). The second-order valence-corrected chi connectivity index (χ2v) is 7.82. The van der Waals surface area contributed by atoms with E-state index in [9.17, 15) is 9.59 Å². The minimum Gasteiger partial charge on any atom is -0.476 e. The number of carbonyl (C=O) groups excluding carboxylic acids is 1. The molecule has 1 aliphatic rings. The zero-order chi connectivity index (χ0) is 21.3. The summed E-state index contributed by atoms with van der Waals surface area (Å²) in [4.78, 5) is 27.4. The summed E-state index contributed by atoms with van der Waals surface area (Å²) in [5.74, 6) is -0.0196. The molecule has 0 aliphatic carbocycles. The zero-order valence-electron chi connectivity index (χ0n) is 16.2. The lowest BCUT2D eigenvalue weighted by Crippen LogP contribution is -2.43. The van der Waals surface area contributed by atoms with Crippen molar-refractivity contribution in [2.75, 3.05) is 32.9 Å². The number of fused-ring (bicyclic) bond motifs is 1. The average molecular weight is 448 g/mol. The molecule has 0 unspecified atom stereocenters. The Labute approximate surface area is 182 Å². The van der Waals surface area contributed by atoms with Crippen molar-refractivity contribution < 1.29 is 18.7 Å². The molecule has 1 saturated heterocycles. The average Bonchev–Trinajstić information content (AvgIpc) is 2.75. The summed E-state index contributed by atoms with van der Waals surface area (Å²) in [6.45, 7) is 3.50. The van der Waals surface area contributed by atoms with Crippen LogP contribution >= 0.6 is 23.2 Å². The number of carbonyl (C=O) groups is 1. The molecule has 0 radical (unpaired) electrons. The molecule has 3 aromatic rings. The predicted octanol–water partition coefficient (Wildman–Crippen LogP) is 4.31. The van der Waals surface area contributed by atoms with Gasteiger partial charge in [0, 0.05) is 28.7 Å². The first kappa shape index (κ1) is 20.7. The van der Waals surface area contributed by atoms with Crippen molar-refractivity contribution in [2.45, 2.75) is 6.92 Å². The van der Waals surface area contributed by atoms with Crippen LogP contribution in [0.4, 0.5) is 0 Å². The van der Waals surface area contributed by atoms with E-state index in [0.29, 0.717) is 47.5 Å². The number of ether oxygens (including phenoxy) is 2. The fourth-order valence-corrected chi connectivity index (χ4v) is 3.55. The molecule has 0 N–H and O–H groups in total. The van der Waals surface area contributed by atoms with Crippen molar-refractivity contribution in [1.29, 1.82) is 0 Å². The standard InChI is InChI=1S/C22H19Cl2NO5/c1-13-10-18-16(11-17(13)24)20(27)22(21(30-18)14-2-4-15(23)5-3-14)29-12-19(26)25-6-8-28-9-7-25/h2-5,10-11H,6-9,12H2,1H3. The van der Waals surface area contributed by atoms with Crippen LogP contribution in [-0.4, -0.2) is 43.7 Å². The number of amides is 1. The van der Waals surface area contributed by atoms with Gasteiger partial charge < -0.3 is 18.8 Å². The molecular weight excluding hydrogens is 429 g/mol. The van der Waals surface area contributed by atoms with E-state index < -0.39 is 5.43 Å². The highest BCUT2D eigenvalue weighted by Gasteiger charge is 2.22. The van der Waals surface area contributed by atoms with Crippen LogP contribution in [0.3, 0.4) is 0 Å². The van der Waals surface area contributed by atoms with E-state index >= 15 is 0 Å². The number of aryl methyl sites for hydroxylation is 1. The van der Waals surface area contributed by atoms with Gasteiger partial charge >= 0.3 is 0 Å². The van der Waals surface area contributed by atoms with Crippen LogP contribution < -0.4 is 10.2 Å².